The molecule has 7 heteroatoms. The van der Waals surface area contributed by atoms with E-state index in [1.54, 1.807) is 0 Å². The van der Waals surface area contributed by atoms with Crippen molar-refractivity contribution in [2.45, 2.75) is 18.9 Å². The van der Waals surface area contributed by atoms with Crippen LogP contribution in [-0.2, 0) is 0 Å². The summed E-state index contributed by atoms with van der Waals surface area (Å²) in [4.78, 5) is 24.5. The highest BCUT2D eigenvalue weighted by atomic mass is 16.6. The fourth-order valence-electron chi connectivity index (χ4n) is 2.40. The van der Waals surface area contributed by atoms with Crippen LogP contribution in [0, 0.1) is 10.1 Å². The van der Waals surface area contributed by atoms with E-state index in [1.807, 2.05) is 7.05 Å². The van der Waals surface area contributed by atoms with Gasteiger partial charge in [-0.1, -0.05) is 0 Å². The molecule has 0 bridgehead atoms. The molecular formula is C13H18N4O3. The molecule has 1 aliphatic heterocycles. The van der Waals surface area contributed by atoms with Crippen molar-refractivity contribution in [3.8, 4) is 0 Å². The third kappa shape index (κ3) is 3.24. The Bertz CT molecular complexity index is 532. The minimum Gasteiger partial charge on any atom is -0.398 e. The van der Waals surface area contributed by atoms with Crippen molar-refractivity contribution >= 4 is 17.3 Å². The Labute approximate surface area is 116 Å². The van der Waals surface area contributed by atoms with Crippen LogP contribution >= 0.6 is 0 Å². The zero-order valence-electron chi connectivity index (χ0n) is 11.3. The monoisotopic (exact) mass is 278 g/mol. The quantitative estimate of drug-likeness (QED) is 0.488. The van der Waals surface area contributed by atoms with Crippen LogP contribution in [0.3, 0.4) is 0 Å². The number of nitro groups is 1. The van der Waals surface area contributed by atoms with E-state index >= 15 is 0 Å². The van der Waals surface area contributed by atoms with Crippen LogP contribution in [0.5, 0.6) is 0 Å². The third-order valence-electron chi connectivity index (χ3n) is 3.45. The molecule has 1 fully saturated rings. The Morgan fingerprint density at radius 2 is 2.30 bits per heavy atom. The second kappa shape index (κ2) is 5.87. The summed E-state index contributed by atoms with van der Waals surface area (Å²) in [7, 11) is 2.00. The standard InChI is InChI=1S/C13H18N4O3/c1-16-6-2-3-9(8-16)15-13(18)11-7-10(17(19)20)4-5-12(11)14/h4-5,7,9H,2-3,6,8,14H2,1H3,(H,15,18). The van der Waals surface area contributed by atoms with Gasteiger partial charge in [0.15, 0.2) is 0 Å². The second-order valence-corrected chi connectivity index (χ2v) is 5.10. The average molecular weight is 278 g/mol. The maximum Gasteiger partial charge on any atom is 0.270 e. The molecule has 20 heavy (non-hydrogen) atoms. The molecule has 1 saturated heterocycles. The number of nitrogen functional groups attached to an aromatic ring is 1. The number of nitrogens with zero attached hydrogens (tertiary/aromatic N) is 2. The zero-order valence-corrected chi connectivity index (χ0v) is 11.3. The first-order valence-electron chi connectivity index (χ1n) is 6.50. The molecule has 1 atom stereocenters. The number of rotatable bonds is 3. The maximum atomic E-state index is 12.2. The molecule has 0 radical (unpaired) electrons. The Morgan fingerprint density at radius 1 is 1.55 bits per heavy atom. The van der Waals surface area contributed by atoms with E-state index < -0.39 is 4.92 Å². The second-order valence-electron chi connectivity index (χ2n) is 5.10. The van der Waals surface area contributed by atoms with Gasteiger partial charge < -0.3 is 16.0 Å². The summed E-state index contributed by atoms with van der Waals surface area (Å²) in [6.45, 7) is 1.80. The Balaban J connectivity index is 2.12. The Kier molecular flexibility index (Phi) is 4.19. The molecule has 1 heterocycles. The number of nitrogens with one attached hydrogen (secondary N) is 1. The molecule has 0 spiro atoms. The summed E-state index contributed by atoms with van der Waals surface area (Å²) in [6.07, 6.45) is 1.93. The van der Waals surface area contributed by atoms with Gasteiger partial charge in [0.05, 0.1) is 10.5 Å². The lowest BCUT2D eigenvalue weighted by Gasteiger charge is -2.30. The van der Waals surface area contributed by atoms with Gasteiger partial charge in [0, 0.05) is 30.4 Å². The van der Waals surface area contributed by atoms with E-state index in [-0.39, 0.29) is 28.9 Å². The molecule has 108 valence electrons. The number of anilines is 1. The predicted molar refractivity (Wildman–Crippen MR) is 75.5 cm³/mol. The lowest BCUT2D eigenvalue weighted by atomic mass is 10.1. The van der Waals surface area contributed by atoms with Crippen LogP contribution in [0.15, 0.2) is 18.2 Å². The first-order valence-corrected chi connectivity index (χ1v) is 6.50. The summed E-state index contributed by atoms with van der Waals surface area (Å²) in [5.74, 6) is -0.355. The molecule has 1 unspecified atom stereocenters. The molecule has 1 aliphatic rings. The number of piperidine rings is 1. The van der Waals surface area contributed by atoms with Crippen LogP contribution < -0.4 is 11.1 Å². The van der Waals surface area contributed by atoms with E-state index in [4.69, 9.17) is 5.73 Å². The smallest absolute Gasteiger partial charge is 0.270 e. The number of likely N-dealkylation sites (N-methyl/N-ethyl adjacent to an activating group) is 1. The molecular weight excluding hydrogens is 260 g/mol. The van der Waals surface area contributed by atoms with Crippen molar-refractivity contribution in [2.24, 2.45) is 0 Å². The number of carbonyl (C=O) groups excluding carboxylic acids is 1. The van der Waals surface area contributed by atoms with Crippen LogP contribution in [0.4, 0.5) is 11.4 Å². The fourth-order valence-corrected chi connectivity index (χ4v) is 2.40. The summed E-state index contributed by atoms with van der Waals surface area (Å²) in [6, 6.07) is 3.96. The summed E-state index contributed by atoms with van der Waals surface area (Å²) in [5, 5.41) is 13.6. The molecule has 1 aromatic carbocycles. The van der Waals surface area contributed by atoms with Gasteiger partial charge in [0.25, 0.3) is 11.6 Å². The van der Waals surface area contributed by atoms with Crippen molar-refractivity contribution in [1.82, 2.24) is 10.2 Å². The van der Waals surface area contributed by atoms with Crippen LogP contribution in [0.1, 0.15) is 23.2 Å². The molecule has 3 N–H and O–H groups in total. The average Bonchev–Trinajstić information content (AvgIpc) is 2.38. The van der Waals surface area contributed by atoms with Gasteiger partial charge in [-0.2, -0.15) is 0 Å². The lowest BCUT2D eigenvalue weighted by molar-refractivity contribution is -0.384. The van der Waals surface area contributed by atoms with Crippen LogP contribution in [0.2, 0.25) is 0 Å². The molecule has 2 rings (SSSR count). The zero-order chi connectivity index (χ0) is 14.7. The lowest BCUT2D eigenvalue weighted by Crippen LogP contribution is -2.46. The van der Waals surface area contributed by atoms with E-state index in [9.17, 15) is 14.9 Å². The topological polar surface area (TPSA) is 102 Å². The number of nitro benzene ring substituents is 1. The van der Waals surface area contributed by atoms with Crippen molar-refractivity contribution in [1.29, 1.82) is 0 Å². The number of non-ortho nitro benzene ring substituents is 1. The molecule has 0 aliphatic carbocycles. The van der Waals surface area contributed by atoms with E-state index in [1.165, 1.54) is 18.2 Å². The SMILES string of the molecule is CN1CCCC(NC(=O)c2cc([N+](=O)[O-])ccc2N)C1. The van der Waals surface area contributed by atoms with Gasteiger partial charge in [0.1, 0.15) is 0 Å². The van der Waals surface area contributed by atoms with Gasteiger partial charge in [-0.3, -0.25) is 14.9 Å². The third-order valence-corrected chi connectivity index (χ3v) is 3.45. The first kappa shape index (κ1) is 14.3. The highest BCUT2D eigenvalue weighted by Gasteiger charge is 2.21. The number of hydrogen-bond donors (Lipinski definition) is 2. The summed E-state index contributed by atoms with van der Waals surface area (Å²) < 4.78 is 0. The molecule has 7 nitrogen and oxygen atoms in total. The highest BCUT2D eigenvalue weighted by molar-refractivity contribution is 5.99. The maximum absolute atomic E-state index is 12.2. The largest absolute Gasteiger partial charge is 0.398 e. The van der Waals surface area contributed by atoms with Crippen LogP contribution in [0.25, 0.3) is 0 Å². The fraction of sp³-hybridized carbons (Fsp3) is 0.462. The Hall–Kier alpha value is -2.15. The van der Waals surface area contributed by atoms with Crippen molar-refractivity contribution in [2.75, 3.05) is 25.9 Å². The highest BCUT2D eigenvalue weighted by Crippen LogP contribution is 2.20. The van der Waals surface area contributed by atoms with Crippen molar-refractivity contribution in [3.63, 3.8) is 0 Å². The van der Waals surface area contributed by atoms with Gasteiger partial charge >= 0.3 is 0 Å². The van der Waals surface area contributed by atoms with Gasteiger partial charge in [-0.15, -0.1) is 0 Å². The number of carbonyl (C=O) groups is 1. The Morgan fingerprint density at radius 3 is 2.95 bits per heavy atom. The number of likely N-dealkylation sites (tertiary alicyclic amines) is 1. The number of nitrogens with two attached hydrogens (primary N) is 1. The predicted octanol–water partition coefficient (Wildman–Crippen LogP) is 1.00. The van der Waals surface area contributed by atoms with Crippen molar-refractivity contribution in [3.05, 3.63) is 33.9 Å². The summed E-state index contributed by atoms with van der Waals surface area (Å²) >= 11 is 0. The number of amides is 1. The summed E-state index contributed by atoms with van der Waals surface area (Å²) in [5.41, 5.74) is 6.00. The molecule has 0 aromatic heterocycles. The molecule has 1 amide bonds. The normalized spacial score (nSPS) is 19.6. The minimum absolute atomic E-state index is 0.0555. The first-order chi connectivity index (χ1) is 9.47. The van der Waals surface area contributed by atoms with Crippen molar-refractivity contribution < 1.29 is 9.72 Å². The van der Waals surface area contributed by atoms with E-state index in [0.29, 0.717) is 0 Å². The van der Waals surface area contributed by atoms with Gasteiger partial charge in [-0.05, 0) is 32.5 Å². The van der Waals surface area contributed by atoms with Crippen LogP contribution in [-0.4, -0.2) is 41.9 Å². The molecule has 0 saturated carbocycles. The van der Waals surface area contributed by atoms with Gasteiger partial charge in [-0.25, -0.2) is 0 Å². The minimum atomic E-state index is -0.537. The number of hydrogen-bond acceptors (Lipinski definition) is 5. The number of benzene rings is 1. The van der Waals surface area contributed by atoms with E-state index in [0.717, 1.165) is 25.9 Å². The van der Waals surface area contributed by atoms with E-state index in [2.05, 4.69) is 10.2 Å². The van der Waals surface area contributed by atoms with Gasteiger partial charge in [0.2, 0.25) is 0 Å². The molecule has 1 aromatic rings.